The van der Waals surface area contributed by atoms with Crippen LogP contribution in [0.25, 0.3) is 0 Å². The van der Waals surface area contributed by atoms with Gasteiger partial charge in [0, 0.05) is 25.8 Å². The van der Waals surface area contributed by atoms with Crippen LogP contribution in [-0.2, 0) is 25.8 Å². The minimum Gasteiger partial charge on any atom is -0.0805 e. The van der Waals surface area contributed by atoms with Gasteiger partial charge in [0.1, 0.15) is 0 Å². The van der Waals surface area contributed by atoms with Crippen LogP contribution in [0.3, 0.4) is 0 Å². The molecule has 0 N–H and O–H groups in total. The molecule has 0 unspecified atom stereocenters. The molecular formula is C16H24Hf. The van der Waals surface area contributed by atoms with Gasteiger partial charge in [0.15, 0.2) is 0 Å². The molecule has 17 heavy (non-hydrogen) atoms. The third-order valence-corrected chi connectivity index (χ3v) is 2.84. The van der Waals surface area contributed by atoms with Gasteiger partial charge in [-0.1, -0.05) is 74.3 Å². The van der Waals surface area contributed by atoms with Crippen LogP contribution < -0.4 is 0 Å². The Morgan fingerprint density at radius 2 is 1.24 bits per heavy atom. The molecule has 0 spiro atoms. The van der Waals surface area contributed by atoms with Crippen LogP contribution in [-0.4, -0.2) is 0 Å². The summed E-state index contributed by atoms with van der Waals surface area (Å²) in [4.78, 5) is 0. The van der Waals surface area contributed by atoms with E-state index in [2.05, 4.69) is 50.3 Å². The third-order valence-electron chi connectivity index (χ3n) is 2.84. The normalized spacial score (nSPS) is 15.9. The maximum Gasteiger partial charge on any atom is 0 e. The van der Waals surface area contributed by atoms with Crippen LogP contribution in [0.2, 0.25) is 0 Å². The van der Waals surface area contributed by atoms with E-state index in [1.54, 1.807) is 11.1 Å². The van der Waals surface area contributed by atoms with Gasteiger partial charge >= 0.3 is 0 Å². The summed E-state index contributed by atoms with van der Waals surface area (Å²) < 4.78 is 0. The Labute approximate surface area is 125 Å². The molecule has 2 rings (SSSR count). The van der Waals surface area contributed by atoms with E-state index in [1.165, 1.54) is 38.5 Å². The van der Waals surface area contributed by atoms with Gasteiger partial charge in [-0.15, -0.1) is 0 Å². The first-order chi connectivity index (χ1) is 7.86. The van der Waals surface area contributed by atoms with Gasteiger partial charge in [-0.3, -0.25) is 0 Å². The quantitative estimate of drug-likeness (QED) is 0.564. The van der Waals surface area contributed by atoms with Gasteiger partial charge in [0.25, 0.3) is 0 Å². The second-order valence-corrected chi connectivity index (χ2v) is 4.41. The van der Waals surface area contributed by atoms with E-state index in [0.29, 0.717) is 0 Å². The molecule has 0 nitrogen and oxygen atoms in total. The Balaban J connectivity index is 0.000000284. The zero-order valence-corrected chi connectivity index (χ0v) is 14.8. The predicted molar refractivity (Wildman–Crippen MR) is 73.5 cm³/mol. The van der Waals surface area contributed by atoms with Crippen molar-refractivity contribution >= 4 is 0 Å². The standard InChI is InChI=1S/2C8H12.Hf/c2*1-2-5-8-6-3-4-7-8;/h2*3-4,6H,2,5,7H2,1H3;. The number of hydrogen-bond acceptors (Lipinski definition) is 0. The van der Waals surface area contributed by atoms with Crippen molar-refractivity contribution in [2.75, 3.05) is 0 Å². The monoisotopic (exact) mass is 396 g/mol. The summed E-state index contributed by atoms with van der Waals surface area (Å²) in [6.45, 7) is 4.44. The van der Waals surface area contributed by atoms with Crippen LogP contribution in [0.5, 0.6) is 0 Å². The maximum absolute atomic E-state index is 2.23. The first-order valence-corrected chi connectivity index (χ1v) is 6.56. The summed E-state index contributed by atoms with van der Waals surface area (Å²) in [5.41, 5.74) is 3.18. The zero-order valence-electron chi connectivity index (χ0n) is 11.2. The summed E-state index contributed by atoms with van der Waals surface area (Å²) in [6, 6.07) is 0. The molecule has 92 valence electrons. The fraction of sp³-hybridized carbons (Fsp3) is 0.500. The van der Waals surface area contributed by atoms with E-state index in [-0.39, 0.29) is 25.8 Å². The molecule has 0 atom stereocenters. The molecule has 0 fully saturated rings. The Kier molecular flexibility index (Phi) is 10.8. The van der Waals surface area contributed by atoms with E-state index >= 15 is 0 Å². The van der Waals surface area contributed by atoms with E-state index in [9.17, 15) is 0 Å². The van der Waals surface area contributed by atoms with Crippen molar-refractivity contribution in [1.29, 1.82) is 0 Å². The Morgan fingerprint density at radius 1 is 0.824 bits per heavy atom. The van der Waals surface area contributed by atoms with Gasteiger partial charge < -0.3 is 0 Å². The maximum atomic E-state index is 2.23. The van der Waals surface area contributed by atoms with Crippen LogP contribution in [0.15, 0.2) is 47.6 Å². The third kappa shape index (κ3) is 7.70. The van der Waals surface area contributed by atoms with Crippen LogP contribution in [0.4, 0.5) is 0 Å². The van der Waals surface area contributed by atoms with Crippen LogP contribution >= 0.6 is 0 Å². The van der Waals surface area contributed by atoms with Crippen molar-refractivity contribution in [1.82, 2.24) is 0 Å². The van der Waals surface area contributed by atoms with Gasteiger partial charge in [-0.05, 0) is 25.7 Å². The van der Waals surface area contributed by atoms with Gasteiger partial charge in [-0.2, -0.15) is 0 Å². The van der Waals surface area contributed by atoms with E-state index in [4.69, 9.17) is 0 Å². The second kappa shape index (κ2) is 11.0. The molecule has 0 bridgehead atoms. The van der Waals surface area contributed by atoms with Gasteiger partial charge in [0.05, 0.1) is 0 Å². The molecule has 0 amide bonds. The van der Waals surface area contributed by atoms with Crippen LogP contribution in [0, 0.1) is 0 Å². The summed E-state index contributed by atoms with van der Waals surface area (Å²) >= 11 is 0. The summed E-state index contributed by atoms with van der Waals surface area (Å²) in [5.74, 6) is 0. The van der Waals surface area contributed by atoms with Gasteiger partial charge in [-0.25, -0.2) is 0 Å². The predicted octanol–water partition coefficient (Wildman–Crippen LogP) is 5.34. The molecule has 0 radical (unpaired) electrons. The molecule has 0 heterocycles. The Morgan fingerprint density at radius 3 is 1.47 bits per heavy atom. The molecule has 0 aromatic carbocycles. The van der Waals surface area contributed by atoms with E-state index < -0.39 is 0 Å². The first-order valence-electron chi connectivity index (χ1n) is 6.56. The molecule has 0 saturated heterocycles. The van der Waals surface area contributed by atoms with Crippen molar-refractivity contribution < 1.29 is 25.8 Å². The topological polar surface area (TPSA) is 0 Å². The smallest absolute Gasteiger partial charge is 0 e. The zero-order chi connectivity index (χ0) is 11.6. The molecule has 0 aromatic heterocycles. The number of rotatable bonds is 4. The molecule has 0 aromatic rings. The number of allylic oxidation sites excluding steroid dienone is 8. The Bertz CT molecular complexity index is 273. The molecule has 0 aliphatic heterocycles. The van der Waals surface area contributed by atoms with Crippen molar-refractivity contribution in [2.45, 2.75) is 52.4 Å². The van der Waals surface area contributed by atoms with E-state index in [1.807, 2.05) is 0 Å². The summed E-state index contributed by atoms with van der Waals surface area (Å²) in [6.07, 6.45) is 20.7. The minimum absolute atomic E-state index is 0. The fourth-order valence-electron chi connectivity index (χ4n) is 2.00. The molecule has 0 saturated carbocycles. The first kappa shape index (κ1) is 16.8. The minimum atomic E-state index is 0. The fourth-order valence-corrected chi connectivity index (χ4v) is 2.00. The van der Waals surface area contributed by atoms with Crippen molar-refractivity contribution in [3.8, 4) is 0 Å². The van der Waals surface area contributed by atoms with Crippen molar-refractivity contribution in [3.63, 3.8) is 0 Å². The molecule has 1 heteroatoms. The summed E-state index contributed by atoms with van der Waals surface area (Å²) in [7, 11) is 0. The summed E-state index contributed by atoms with van der Waals surface area (Å²) in [5, 5.41) is 0. The average Bonchev–Trinajstić information content (AvgIpc) is 2.92. The SMILES string of the molecule is CCCC1=CC=CC1.CCCC1=CC=CC1.[Hf]. The molecular weight excluding hydrogens is 371 g/mol. The number of hydrogen-bond donors (Lipinski definition) is 0. The Hall–Kier alpha value is -0.170. The second-order valence-electron chi connectivity index (χ2n) is 4.41. The largest absolute Gasteiger partial charge is 0.0805 e. The molecule has 2 aliphatic carbocycles. The van der Waals surface area contributed by atoms with E-state index in [0.717, 1.165) is 0 Å². The molecule has 2 aliphatic rings. The van der Waals surface area contributed by atoms with Gasteiger partial charge in [0.2, 0.25) is 0 Å². The van der Waals surface area contributed by atoms with Crippen molar-refractivity contribution in [3.05, 3.63) is 47.6 Å². The average molecular weight is 395 g/mol. The van der Waals surface area contributed by atoms with Crippen LogP contribution in [0.1, 0.15) is 52.4 Å². The van der Waals surface area contributed by atoms with Crippen molar-refractivity contribution in [2.24, 2.45) is 0 Å².